The number of carboxylic acids is 1. The van der Waals surface area contributed by atoms with E-state index in [1.165, 1.54) is 0 Å². The van der Waals surface area contributed by atoms with Crippen molar-refractivity contribution in [2.24, 2.45) is 0 Å². The molecule has 0 heterocycles. The monoisotopic (exact) mass is 220 g/mol. The fraction of sp³-hybridized carbons (Fsp3) is 0.308. The van der Waals surface area contributed by atoms with Crippen molar-refractivity contribution in [1.82, 2.24) is 0 Å². The zero-order chi connectivity index (χ0) is 12.1. The predicted octanol–water partition coefficient (Wildman–Crippen LogP) is 2.75. The highest BCUT2D eigenvalue weighted by molar-refractivity contribution is 5.91. The Morgan fingerprint density at radius 2 is 2.19 bits per heavy atom. The topological polar surface area (TPSA) is 46.5 Å². The van der Waals surface area contributed by atoms with Gasteiger partial charge in [-0.25, -0.2) is 4.79 Å². The molecule has 0 amide bonds. The summed E-state index contributed by atoms with van der Waals surface area (Å²) in [5.74, 6) is -0.221. The number of carbonyl (C=O) groups is 1. The maximum absolute atomic E-state index is 10.7. The van der Waals surface area contributed by atoms with Crippen LogP contribution in [0.25, 0.3) is 6.08 Å². The number of ether oxygens (including phenoxy) is 1. The number of hydrogen-bond donors (Lipinski definition) is 1. The van der Waals surface area contributed by atoms with Crippen LogP contribution in [-0.2, 0) is 11.2 Å². The molecule has 16 heavy (non-hydrogen) atoms. The molecule has 0 aliphatic heterocycles. The Morgan fingerprint density at radius 3 is 2.69 bits per heavy atom. The third kappa shape index (κ3) is 2.86. The first kappa shape index (κ1) is 12.3. The molecule has 0 atom stereocenters. The average Bonchev–Trinajstić information content (AvgIpc) is 2.28. The number of methoxy groups -OCH3 is 1. The maximum atomic E-state index is 10.7. The lowest BCUT2D eigenvalue weighted by Crippen LogP contribution is -1.97. The summed E-state index contributed by atoms with van der Waals surface area (Å²) >= 11 is 0. The van der Waals surface area contributed by atoms with Crippen molar-refractivity contribution in [3.8, 4) is 5.75 Å². The van der Waals surface area contributed by atoms with Crippen LogP contribution in [0.3, 0.4) is 0 Å². The maximum Gasteiger partial charge on any atom is 0.331 e. The minimum atomic E-state index is -0.913. The molecule has 0 bridgehead atoms. The second kappa shape index (κ2) is 5.35. The largest absolute Gasteiger partial charge is 0.496 e. The zero-order valence-corrected chi connectivity index (χ0v) is 9.78. The van der Waals surface area contributed by atoms with Gasteiger partial charge in [0.25, 0.3) is 0 Å². The van der Waals surface area contributed by atoms with E-state index in [9.17, 15) is 4.79 Å². The smallest absolute Gasteiger partial charge is 0.331 e. The van der Waals surface area contributed by atoms with Gasteiger partial charge in [-0.3, -0.25) is 0 Å². The lowest BCUT2D eigenvalue weighted by Gasteiger charge is -2.07. The molecule has 1 rings (SSSR count). The Kier molecular flexibility index (Phi) is 4.11. The Bertz CT molecular complexity index is 419. The average molecular weight is 220 g/mol. The van der Waals surface area contributed by atoms with E-state index < -0.39 is 5.97 Å². The standard InChI is InChI=1S/C13H16O3/c1-4-10-5-6-12(16-3)11(8-10)7-9(2)13(14)15/h5-8H,4H2,1-3H3,(H,14,15)/b9-7+. The lowest BCUT2D eigenvalue weighted by molar-refractivity contribution is -0.132. The molecule has 0 unspecified atom stereocenters. The van der Waals surface area contributed by atoms with Crippen molar-refractivity contribution in [1.29, 1.82) is 0 Å². The van der Waals surface area contributed by atoms with Crippen LogP contribution in [0.15, 0.2) is 23.8 Å². The van der Waals surface area contributed by atoms with Gasteiger partial charge in [-0.05, 0) is 37.1 Å². The first-order valence-electron chi connectivity index (χ1n) is 5.17. The van der Waals surface area contributed by atoms with Gasteiger partial charge in [0.1, 0.15) is 5.75 Å². The second-order valence-corrected chi connectivity index (χ2v) is 3.56. The fourth-order valence-corrected chi connectivity index (χ4v) is 1.41. The van der Waals surface area contributed by atoms with E-state index in [4.69, 9.17) is 9.84 Å². The summed E-state index contributed by atoms with van der Waals surface area (Å²) in [6.07, 6.45) is 2.54. The molecule has 0 aromatic heterocycles. The Balaban J connectivity index is 3.19. The molecule has 0 spiro atoms. The summed E-state index contributed by atoms with van der Waals surface area (Å²) in [7, 11) is 1.58. The van der Waals surface area contributed by atoms with Crippen LogP contribution < -0.4 is 4.74 Å². The number of aryl methyl sites for hydroxylation is 1. The predicted molar refractivity (Wildman–Crippen MR) is 63.7 cm³/mol. The van der Waals surface area contributed by atoms with Crippen molar-refractivity contribution in [3.63, 3.8) is 0 Å². The summed E-state index contributed by atoms with van der Waals surface area (Å²) in [6.45, 7) is 3.62. The SMILES string of the molecule is CCc1ccc(OC)c(/C=C(\C)C(=O)O)c1. The quantitative estimate of drug-likeness (QED) is 0.793. The van der Waals surface area contributed by atoms with E-state index >= 15 is 0 Å². The minimum absolute atomic E-state index is 0.298. The molecule has 0 aliphatic rings. The molecule has 0 saturated heterocycles. The zero-order valence-electron chi connectivity index (χ0n) is 9.78. The van der Waals surface area contributed by atoms with E-state index in [0.717, 1.165) is 17.5 Å². The number of aliphatic carboxylic acids is 1. The van der Waals surface area contributed by atoms with Gasteiger partial charge in [-0.15, -0.1) is 0 Å². The van der Waals surface area contributed by atoms with Gasteiger partial charge in [0.05, 0.1) is 7.11 Å². The van der Waals surface area contributed by atoms with Crippen LogP contribution >= 0.6 is 0 Å². The lowest BCUT2D eigenvalue weighted by atomic mass is 10.1. The summed E-state index contributed by atoms with van der Waals surface area (Å²) in [4.78, 5) is 10.7. The van der Waals surface area contributed by atoms with Gasteiger partial charge in [0.15, 0.2) is 0 Å². The molecular formula is C13H16O3. The van der Waals surface area contributed by atoms with Crippen molar-refractivity contribution in [3.05, 3.63) is 34.9 Å². The Morgan fingerprint density at radius 1 is 1.50 bits per heavy atom. The Hall–Kier alpha value is -1.77. The third-order valence-corrected chi connectivity index (χ3v) is 2.41. The van der Waals surface area contributed by atoms with Crippen LogP contribution in [0.1, 0.15) is 25.0 Å². The van der Waals surface area contributed by atoms with Crippen LogP contribution in [0.4, 0.5) is 0 Å². The molecule has 0 aliphatic carbocycles. The summed E-state index contributed by atoms with van der Waals surface area (Å²) < 4.78 is 5.19. The van der Waals surface area contributed by atoms with E-state index in [1.807, 2.05) is 18.2 Å². The molecule has 1 aromatic carbocycles. The molecule has 0 fully saturated rings. The second-order valence-electron chi connectivity index (χ2n) is 3.56. The third-order valence-electron chi connectivity index (χ3n) is 2.41. The number of hydrogen-bond acceptors (Lipinski definition) is 2. The number of benzene rings is 1. The summed E-state index contributed by atoms with van der Waals surface area (Å²) in [6, 6.07) is 5.79. The summed E-state index contributed by atoms with van der Waals surface area (Å²) in [5.41, 5.74) is 2.26. The van der Waals surface area contributed by atoms with Crippen LogP contribution in [-0.4, -0.2) is 18.2 Å². The van der Waals surface area contributed by atoms with Crippen LogP contribution in [0, 0.1) is 0 Å². The highest BCUT2D eigenvalue weighted by atomic mass is 16.5. The van der Waals surface area contributed by atoms with Crippen molar-refractivity contribution in [2.45, 2.75) is 20.3 Å². The summed E-state index contributed by atoms with van der Waals surface area (Å²) in [5, 5.41) is 8.82. The number of carboxylic acid groups (broad SMARTS) is 1. The van der Waals surface area contributed by atoms with Gasteiger partial charge < -0.3 is 9.84 Å². The molecule has 86 valence electrons. The van der Waals surface area contributed by atoms with Crippen LogP contribution in [0.5, 0.6) is 5.75 Å². The molecule has 1 N–H and O–H groups in total. The normalized spacial score (nSPS) is 11.3. The molecule has 3 nitrogen and oxygen atoms in total. The van der Waals surface area contributed by atoms with E-state index in [0.29, 0.717) is 11.3 Å². The highest BCUT2D eigenvalue weighted by Crippen LogP contribution is 2.22. The van der Waals surface area contributed by atoms with Gasteiger partial charge in [-0.2, -0.15) is 0 Å². The molecular weight excluding hydrogens is 204 g/mol. The van der Waals surface area contributed by atoms with E-state index in [1.54, 1.807) is 20.1 Å². The van der Waals surface area contributed by atoms with Gasteiger partial charge in [-0.1, -0.05) is 13.0 Å². The molecule has 0 radical (unpaired) electrons. The van der Waals surface area contributed by atoms with E-state index in [-0.39, 0.29) is 0 Å². The van der Waals surface area contributed by atoms with Gasteiger partial charge in [0, 0.05) is 11.1 Å². The molecule has 1 aromatic rings. The van der Waals surface area contributed by atoms with Crippen LogP contribution in [0.2, 0.25) is 0 Å². The van der Waals surface area contributed by atoms with Gasteiger partial charge in [0.2, 0.25) is 0 Å². The molecule has 0 saturated carbocycles. The Labute approximate surface area is 95.4 Å². The van der Waals surface area contributed by atoms with Crippen molar-refractivity contribution >= 4 is 12.0 Å². The van der Waals surface area contributed by atoms with E-state index in [2.05, 4.69) is 6.92 Å². The first-order valence-corrected chi connectivity index (χ1v) is 5.17. The fourth-order valence-electron chi connectivity index (χ4n) is 1.41. The number of rotatable bonds is 4. The van der Waals surface area contributed by atoms with Crippen molar-refractivity contribution < 1.29 is 14.6 Å². The molecule has 3 heteroatoms. The highest BCUT2D eigenvalue weighted by Gasteiger charge is 2.05. The first-order chi connectivity index (χ1) is 7.58. The van der Waals surface area contributed by atoms with Gasteiger partial charge >= 0.3 is 5.97 Å². The van der Waals surface area contributed by atoms with Crippen molar-refractivity contribution in [2.75, 3.05) is 7.11 Å². The minimum Gasteiger partial charge on any atom is -0.496 e.